The zero-order valence-corrected chi connectivity index (χ0v) is 14.1. The van der Waals surface area contributed by atoms with E-state index in [4.69, 9.17) is 4.74 Å². The Morgan fingerprint density at radius 2 is 2.11 bits per heavy atom. The van der Waals surface area contributed by atoms with E-state index in [0.29, 0.717) is 5.56 Å². The molecule has 0 unspecified atom stereocenters. The average molecular weight is 380 g/mol. The predicted octanol–water partition coefficient (Wildman–Crippen LogP) is 2.96. The van der Waals surface area contributed by atoms with E-state index in [-0.39, 0.29) is 12.4 Å². The average Bonchev–Trinajstić information content (AvgIpc) is 3.06. The number of anilines is 2. The number of carbonyl (C=O) groups is 1. The van der Waals surface area contributed by atoms with Gasteiger partial charge in [-0.25, -0.2) is 19.9 Å². The molecular weight excluding hydrogens is 365 g/mol. The molecule has 1 aliphatic rings. The van der Waals surface area contributed by atoms with Crippen molar-refractivity contribution in [2.45, 2.75) is 12.8 Å². The minimum atomic E-state index is -4.52. The van der Waals surface area contributed by atoms with Crippen LogP contribution in [0.3, 0.4) is 0 Å². The van der Waals surface area contributed by atoms with Gasteiger partial charge in [-0.2, -0.15) is 13.2 Å². The first kappa shape index (κ1) is 18.5. The number of rotatable bonds is 4. The molecule has 1 amide bonds. The summed E-state index contributed by atoms with van der Waals surface area (Å²) in [7, 11) is 1.73. The van der Waals surface area contributed by atoms with Gasteiger partial charge in [0.2, 0.25) is 0 Å². The lowest BCUT2D eigenvalue weighted by molar-refractivity contribution is -0.137. The molecule has 0 saturated heterocycles. The summed E-state index contributed by atoms with van der Waals surface area (Å²) in [5.74, 6) is -0.246. The molecule has 27 heavy (non-hydrogen) atoms. The Bertz CT molecular complexity index is 858. The smallest absolute Gasteiger partial charge is 0.416 e. The van der Waals surface area contributed by atoms with Crippen molar-refractivity contribution in [2.75, 3.05) is 17.4 Å². The molecular formula is C16H15F3N6O2. The van der Waals surface area contributed by atoms with Gasteiger partial charge in [-0.15, -0.1) is 10.6 Å². The second-order valence-electron chi connectivity index (χ2n) is 5.52. The SMILES string of the molecule is CN1N=CN(c2cccc(COC(=O)Nc3cc(C(F)(F)F)ccn3)c2)N1. The Morgan fingerprint density at radius 1 is 1.30 bits per heavy atom. The number of benzene rings is 1. The molecule has 2 heterocycles. The fourth-order valence-corrected chi connectivity index (χ4v) is 2.22. The van der Waals surface area contributed by atoms with Crippen LogP contribution in [0.15, 0.2) is 47.7 Å². The second-order valence-corrected chi connectivity index (χ2v) is 5.52. The standard InChI is InChI=1S/C16H15F3N6O2/c1-24-21-10-25(23-24)13-4-2-3-11(7-13)9-27-15(26)22-14-8-12(5-6-20-14)16(17,18)19/h2-8,10,23H,9H2,1H3,(H,20,22,26). The largest absolute Gasteiger partial charge is 0.444 e. The van der Waals surface area contributed by atoms with E-state index in [0.717, 1.165) is 24.0 Å². The van der Waals surface area contributed by atoms with Gasteiger partial charge in [0, 0.05) is 13.2 Å². The highest BCUT2D eigenvalue weighted by molar-refractivity contribution is 5.83. The van der Waals surface area contributed by atoms with Crippen LogP contribution < -0.4 is 15.9 Å². The molecule has 0 aliphatic carbocycles. The minimum Gasteiger partial charge on any atom is -0.444 e. The lowest BCUT2D eigenvalue weighted by Gasteiger charge is -2.17. The lowest BCUT2D eigenvalue weighted by Crippen LogP contribution is -2.38. The van der Waals surface area contributed by atoms with Crippen LogP contribution in [0.25, 0.3) is 0 Å². The van der Waals surface area contributed by atoms with Crippen molar-refractivity contribution in [1.82, 2.24) is 15.6 Å². The van der Waals surface area contributed by atoms with Crippen LogP contribution in [0.1, 0.15) is 11.1 Å². The molecule has 2 N–H and O–H groups in total. The summed E-state index contributed by atoms with van der Waals surface area (Å²) in [4.78, 5) is 15.5. The van der Waals surface area contributed by atoms with Crippen molar-refractivity contribution >= 4 is 23.9 Å². The van der Waals surface area contributed by atoms with E-state index in [1.807, 2.05) is 6.07 Å². The van der Waals surface area contributed by atoms with Crippen LogP contribution in [0.2, 0.25) is 0 Å². The van der Waals surface area contributed by atoms with Crippen LogP contribution in [-0.2, 0) is 17.5 Å². The molecule has 142 valence electrons. The van der Waals surface area contributed by atoms with Gasteiger partial charge in [-0.05, 0) is 29.8 Å². The van der Waals surface area contributed by atoms with Crippen molar-refractivity contribution in [2.24, 2.45) is 5.10 Å². The van der Waals surface area contributed by atoms with E-state index < -0.39 is 17.8 Å². The quantitative estimate of drug-likeness (QED) is 0.849. The van der Waals surface area contributed by atoms with Gasteiger partial charge >= 0.3 is 12.3 Å². The van der Waals surface area contributed by atoms with Crippen molar-refractivity contribution in [1.29, 1.82) is 0 Å². The first-order valence-electron chi connectivity index (χ1n) is 7.70. The molecule has 0 radical (unpaired) electrons. The van der Waals surface area contributed by atoms with Crippen molar-refractivity contribution in [3.8, 4) is 0 Å². The highest BCUT2D eigenvalue weighted by atomic mass is 19.4. The number of nitrogens with zero attached hydrogens (tertiary/aromatic N) is 4. The minimum absolute atomic E-state index is 0.0700. The number of hydrogen-bond donors (Lipinski definition) is 2. The summed E-state index contributed by atoms with van der Waals surface area (Å²) >= 11 is 0. The molecule has 0 saturated carbocycles. The zero-order valence-electron chi connectivity index (χ0n) is 14.1. The van der Waals surface area contributed by atoms with Gasteiger partial charge in [0.15, 0.2) is 0 Å². The molecule has 1 aromatic carbocycles. The molecule has 0 bridgehead atoms. The summed E-state index contributed by atoms with van der Waals surface area (Å²) in [6.45, 7) is -0.0700. The van der Waals surface area contributed by atoms with Crippen LogP contribution in [0, 0.1) is 0 Å². The maximum Gasteiger partial charge on any atom is 0.416 e. The van der Waals surface area contributed by atoms with E-state index in [9.17, 15) is 18.0 Å². The second kappa shape index (κ2) is 7.50. The number of carbonyl (C=O) groups excluding carboxylic acids is 1. The van der Waals surface area contributed by atoms with Gasteiger partial charge in [-0.3, -0.25) is 5.32 Å². The Hall–Kier alpha value is -3.34. The first-order valence-corrected chi connectivity index (χ1v) is 7.70. The third-order valence-corrected chi connectivity index (χ3v) is 3.47. The van der Waals surface area contributed by atoms with Crippen LogP contribution in [0.4, 0.5) is 29.5 Å². The molecule has 0 fully saturated rings. The molecule has 1 aromatic heterocycles. The number of hydrogen-bond acceptors (Lipinski definition) is 7. The number of aromatic nitrogens is 1. The number of halogens is 3. The number of hydrazone groups is 1. The van der Waals surface area contributed by atoms with Gasteiger partial charge in [-0.1, -0.05) is 12.1 Å². The molecule has 11 heteroatoms. The molecule has 8 nitrogen and oxygen atoms in total. The normalized spacial score (nSPS) is 13.8. The molecule has 3 rings (SSSR count). The van der Waals surface area contributed by atoms with Gasteiger partial charge < -0.3 is 4.74 Å². The summed E-state index contributed by atoms with van der Waals surface area (Å²) in [6.07, 6.45) is -2.90. The Morgan fingerprint density at radius 3 is 2.81 bits per heavy atom. The number of alkyl halides is 3. The molecule has 1 aliphatic heterocycles. The maximum atomic E-state index is 12.7. The van der Waals surface area contributed by atoms with Crippen LogP contribution >= 0.6 is 0 Å². The van der Waals surface area contributed by atoms with E-state index >= 15 is 0 Å². The van der Waals surface area contributed by atoms with E-state index in [1.165, 1.54) is 5.12 Å². The van der Waals surface area contributed by atoms with Crippen molar-refractivity contribution in [3.05, 3.63) is 53.7 Å². The highest BCUT2D eigenvalue weighted by Gasteiger charge is 2.30. The van der Waals surface area contributed by atoms with Gasteiger partial charge in [0.25, 0.3) is 0 Å². The van der Waals surface area contributed by atoms with E-state index in [2.05, 4.69) is 20.9 Å². The number of pyridine rings is 1. The fraction of sp³-hybridized carbons (Fsp3) is 0.188. The zero-order chi connectivity index (χ0) is 19.4. The predicted molar refractivity (Wildman–Crippen MR) is 91.4 cm³/mol. The molecule has 0 atom stereocenters. The van der Waals surface area contributed by atoms with E-state index in [1.54, 1.807) is 36.6 Å². The Labute approximate surface area is 152 Å². The number of hydrazine groups is 2. The fourth-order valence-electron chi connectivity index (χ4n) is 2.22. The summed E-state index contributed by atoms with van der Waals surface area (Å²) in [5.41, 5.74) is 3.48. The topological polar surface area (TPSA) is 82.1 Å². The number of ether oxygens (including phenoxy) is 1. The monoisotopic (exact) mass is 380 g/mol. The highest BCUT2D eigenvalue weighted by Crippen LogP contribution is 2.29. The summed E-state index contributed by atoms with van der Waals surface area (Å²) < 4.78 is 43.1. The number of amides is 1. The van der Waals surface area contributed by atoms with Gasteiger partial charge in [0.1, 0.15) is 18.8 Å². The molecule has 0 spiro atoms. The first-order chi connectivity index (χ1) is 12.8. The summed E-state index contributed by atoms with van der Waals surface area (Å²) in [6, 6.07) is 8.67. The summed E-state index contributed by atoms with van der Waals surface area (Å²) in [5, 5.41) is 9.36. The Balaban J connectivity index is 1.58. The van der Waals surface area contributed by atoms with Gasteiger partial charge in [0.05, 0.1) is 11.3 Å². The van der Waals surface area contributed by atoms with Crippen LogP contribution in [-0.4, -0.2) is 29.6 Å². The lowest BCUT2D eigenvalue weighted by atomic mass is 10.2. The number of nitrogens with one attached hydrogen (secondary N) is 2. The molecule has 2 aromatic rings. The van der Waals surface area contributed by atoms with Crippen LogP contribution in [0.5, 0.6) is 0 Å². The van der Waals surface area contributed by atoms with Crippen molar-refractivity contribution < 1.29 is 22.7 Å². The third-order valence-electron chi connectivity index (χ3n) is 3.47. The van der Waals surface area contributed by atoms with Crippen molar-refractivity contribution in [3.63, 3.8) is 0 Å². The Kier molecular flexibility index (Phi) is 5.12. The maximum absolute atomic E-state index is 12.7. The third kappa shape index (κ3) is 4.85.